The highest BCUT2D eigenvalue weighted by Crippen LogP contribution is 2.47. The molecule has 3 N–H and O–H groups in total. The Labute approximate surface area is 201 Å². The zero-order valence-electron chi connectivity index (χ0n) is 20.4. The molecule has 0 bridgehead atoms. The van der Waals surface area contributed by atoms with Gasteiger partial charge in [-0.15, -0.1) is 0 Å². The number of nitrogens with zero attached hydrogens (tertiary/aromatic N) is 4. The summed E-state index contributed by atoms with van der Waals surface area (Å²) >= 11 is 0. The van der Waals surface area contributed by atoms with Crippen LogP contribution in [0.2, 0.25) is 0 Å². The number of urea groups is 1. The molecule has 3 atom stereocenters. The number of fused-ring (bicyclic) bond motifs is 1. The number of anilines is 1. The quantitative estimate of drug-likeness (QED) is 0.728. The van der Waals surface area contributed by atoms with Crippen LogP contribution < -0.4 is 16.0 Å². The van der Waals surface area contributed by atoms with Gasteiger partial charge in [0.15, 0.2) is 5.72 Å². The van der Waals surface area contributed by atoms with Gasteiger partial charge in [-0.3, -0.25) is 0 Å². The number of rotatable bonds is 3. The summed E-state index contributed by atoms with van der Waals surface area (Å²) < 4.78 is 8.35. The predicted molar refractivity (Wildman–Crippen MR) is 132 cm³/mol. The third kappa shape index (κ3) is 3.91. The van der Waals surface area contributed by atoms with Gasteiger partial charge in [-0.1, -0.05) is 6.92 Å². The molecule has 8 nitrogen and oxygen atoms in total. The summed E-state index contributed by atoms with van der Waals surface area (Å²) in [6, 6.07) is 8.36. The van der Waals surface area contributed by atoms with Crippen LogP contribution in [0.15, 0.2) is 65.6 Å². The summed E-state index contributed by atoms with van der Waals surface area (Å²) in [4.78, 5) is 21.4. The molecular weight excluding hydrogens is 428 g/mol. The molecule has 1 aromatic carbocycles. The van der Waals surface area contributed by atoms with Crippen molar-refractivity contribution in [2.45, 2.75) is 39.8 Å². The molecule has 2 amide bonds. The molecule has 0 radical (unpaired) electrons. The van der Waals surface area contributed by atoms with Gasteiger partial charge in [0.1, 0.15) is 5.76 Å². The Morgan fingerprint density at radius 1 is 1.12 bits per heavy atom. The van der Waals surface area contributed by atoms with Crippen LogP contribution in [0.5, 0.6) is 0 Å². The molecule has 34 heavy (non-hydrogen) atoms. The molecule has 2 aliphatic heterocycles. The van der Waals surface area contributed by atoms with E-state index in [2.05, 4.69) is 53.3 Å². The molecule has 2 aromatic rings. The maximum Gasteiger partial charge on any atom is 0.320 e. The average molecular weight is 463 g/mol. The van der Waals surface area contributed by atoms with E-state index in [1.165, 1.54) is 0 Å². The van der Waals surface area contributed by atoms with Crippen LogP contribution in [0.25, 0.3) is 5.69 Å². The van der Waals surface area contributed by atoms with Crippen LogP contribution in [-0.4, -0.2) is 52.4 Å². The maximum absolute atomic E-state index is 13.1. The molecule has 1 aromatic heterocycles. The van der Waals surface area contributed by atoms with E-state index >= 15 is 0 Å². The number of amides is 2. The topological polar surface area (TPSA) is 88.7 Å². The zero-order valence-corrected chi connectivity index (χ0v) is 20.4. The molecule has 3 aliphatic rings. The molecule has 1 aliphatic carbocycles. The van der Waals surface area contributed by atoms with Gasteiger partial charge < -0.3 is 30.2 Å². The molecule has 5 rings (SSSR count). The van der Waals surface area contributed by atoms with Gasteiger partial charge in [0.25, 0.3) is 0 Å². The highest BCUT2D eigenvalue weighted by molar-refractivity contribution is 5.75. The van der Waals surface area contributed by atoms with E-state index in [-0.39, 0.29) is 17.9 Å². The number of hydrogen-bond acceptors (Lipinski definition) is 5. The van der Waals surface area contributed by atoms with Crippen molar-refractivity contribution in [1.29, 1.82) is 0 Å². The zero-order chi connectivity index (χ0) is 24.0. The Morgan fingerprint density at radius 2 is 1.79 bits per heavy atom. The fraction of sp³-hybridized carbons (Fsp3) is 0.462. The van der Waals surface area contributed by atoms with Crippen molar-refractivity contribution >= 4 is 11.7 Å². The number of carbonyl (C=O) groups excluding carboxylic acids is 1. The lowest BCUT2D eigenvalue weighted by atomic mass is 9.78. The van der Waals surface area contributed by atoms with Crippen molar-refractivity contribution in [1.82, 2.24) is 19.8 Å². The Kier molecular flexibility index (Phi) is 5.54. The molecule has 8 heteroatoms. The summed E-state index contributed by atoms with van der Waals surface area (Å²) in [6.45, 7) is 11.1. The Bertz CT molecular complexity index is 1130. The summed E-state index contributed by atoms with van der Waals surface area (Å²) in [6.07, 6.45) is 6.22. The van der Waals surface area contributed by atoms with Gasteiger partial charge in [-0.2, -0.15) is 0 Å². The lowest BCUT2D eigenvalue weighted by molar-refractivity contribution is 0.0284. The Hall–Kier alpha value is -3.42. The Balaban J connectivity index is 1.18. The third-order valence-corrected chi connectivity index (χ3v) is 7.70. The van der Waals surface area contributed by atoms with E-state index < -0.39 is 5.72 Å². The van der Waals surface area contributed by atoms with Crippen LogP contribution >= 0.6 is 0 Å². The second-order valence-corrected chi connectivity index (χ2v) is 9.89. The van der Waals surface area contributed by atoms with Crippen LogP contribution in [-0.2, 0) is 4.74 Å². The van der Waals surface area contributed by atoms with Gasteiger partial charge in [0.05, 0.1) is 6.33 Å². The Morgan fingerprint density at radius 3 is 2.44 bits per heavy atom. The third-order valence-electron chi connectivity index (χ3n) is 7.70. The van der Waals surface area contributed by atoms with Crippen molar-refractivity contribution < 1.29 is 9.53 Å². The van der Waals surface area contributed by atoms with Gasteiger partial charge >= 0.3 is 6.03 Å². The smallest absolute Gasteiger partial charge is 0.320 e. The van der Waals surface area contributed by atoms with Crippen LogP contribution in [0, 0.1) is 11.8 Å². The monoisotopic (exact) mass is 462 g/mol. The standard InChI is InChI=1S/C26H34N6O2/c1-17-18(2)24-22(19(3)23(17)27)15-26(4,34-24)29-25(33)31-13-11-30(12-14-31)20-5-7-21(8-6-20)32-10-9-28-16-32/h5-10,16,19,22H,11-15,27H2,1-4H3,(H,29,33). The fourth-order valence-electron chi connectivity index (χ4n) is 5.39. The first-order valence-electron chi connectivity index (χ1n) is 12.0. The van der Waals surface area contributed by atoms with Gasteiger partial charge in [0.2, 0.25) is 0 Å². The number of aromatic nitrogens is 2. The lowest BCUT2D eigenvalue weighted by Crippen LogP contribution is -2.56. The van der Waals surface area contributed by atoms with Gasteiger partial charge in [0, 0.05) is 73.9 Å². The maximum atomic E-state index is 13.1. The SMILES string of the molecule is CC1=C(N)C(C)C2CC(C)(NC(=O)N3CCN(c4ccc(-n5ccnc5)cc4)CC3)OC2=C1C. The summed E-state index contributed by atoms with van der Waals surface area (Å²) in [5.74, 6) is 1.39. The highest BCUT2D eigenvalue weighted by atomic mass is 16.5. The summed E-state index contributed by atoms with van der Waals surface area (Å²) in [7, 11) is 0. The molecule has 3 heterocycles. The first-order chi connectivity index (χ1) is 16.3. The number of piperazine rings is 1. The van der Waals surface area contributed by atoms with Gasteiger partial charge in [-0.25, -0.2) is 9.78 Å². The predicted octanol–water partition coefficient (Wildman–Crippen LogP) is 3.61. The number of benzene rings is 1. The largest absolute Gasteiger partial charge is 0.472 e. The fourth-order valence-corrected chi connectivity index (χ4v) is 5.39. The van der Waals surface area contributed by atoms with Crippen molar-refractivity contribution in [2.24, 2.45) is 17.6 Å². The first-order valence-corrected chi connectivity index (χ1v) is 12.0. The highest BCUT2D eigenvalue weighted by Gasteiger charge is 2.47. The average Bonchev–Trinajstić information content (AvgIpc) is 3.50. The number of carbonyl (C=O) groups is 1. The van der Waals surface area contributed by atoms with Crippen molar-refractivity contribution in [3.63, 3.8) is 0 Å². The molecule has 3 unspecified atom stereocenters. The molecule has 0 spiro atoms. The van der Waals surface area contributed by atoms with Crippen LogP contribution in [0.4, 0.5) is 10.5 Å². The number of ether oxygens (including phenoxy) is 1. The number of allylic oxidation sites excluding steroid dienone is 4. The van der Waals surface area contributed by atoms with Crippen molar-refractivity contribution in [2.75, 3.05) is 31.1 Å². The van der Waals surface area contributed by atoms with Gasteiger partial charge in [-0.05, 0) is 56.2 Å². The number of imidazole rings is 1. The van der Waals surface area contributed by atoms with Crippen LogP contribution in [0.1, 0.15) is 34.1 Å². The lowest BCUT2D eigenvalue weighted by Gasteiger charge is -2.37. The van der Waals surface area contributed by atoms with E-state index in [9.17, 15) is 4.79 Å². The normalized spacial score (nSPS) is 27.1. The number of hydrogen-bond donors (Lipinski definition) is 2. The van der Waals surface area contributed by atoms with Crippen molar-refractivity contribution in [3.8, 4) is 5.69 Å². The molecule has 2 saturated heterocycles. The number of nitrogens with one attached hydrogen (secondary N) is 1. The van der Waals surface area contributed by atoms with E-state index in [4.69, 9.17) is 10.5 Å². The molecule has 180 valence electrons. The van der Waals surface area contributed by atoms with Crippen LogP contribution in [0.3, 0.4) is 0 Å². The first kappa shape index (κ1) is 22.4. The van der Waals surface area contributed by atoms with E-state index in [1.807, 2.05) is 29.5 Å². The summed E-state index contributed by atoms with van der Waals surface area (Å²) in [5.41, 5.74) is 11.0. The second kappa shape index (κ2) is 8.42. The number of nitrogens with two attached hydrogens (primary N) is 1. The minimum atomic E-state index is -0.724. The molecular formula is C26H34N6O2. The minimum absolute atomic E-state index is 0.0696. The van der Waals surface area contributed by atoms with Crippen molar-refractivity contribution in [3.05, 3.63) is 65.6 Å². The molecule has 2 fully saturated rings. The van der Waals surface area contributed by atoms with E-state index in [1.54, 1.807) is 12.5 Å². The van der Waals surface area contributed by atoms with E-state index in [0.717, 1.165) is 53.5 Å². The van der Waals surface area contributed by atoms with E-state index in [0.29, 0.717) is 13.1 Å². The summed E-state index contributed by atoms with van der Waals surface area (Å²) in [5, 5.41) is 3.17. The molecule has 0 saturated carbocycles. The second-order valence-electron chi connectivity index (χ2n) is 9.89. The minimum Gasteiger partial charge on any atom is -0.472 e.